The number of aromatic nitrogens is 4. The van der Waals surface area contributed by atoms with Gasteiger partial charge in [0.25, 0.3) is 0 Å². The van der Waals surface area contributed by atoms with Crippen LogP contribution in [0.4, 0.5) is 13.2 Å². The maximum atomic E-state index is 12.3. The molecule has 2 heterocycles. The topological polar surface area (TPSA) is 63.6 Å². The second kappa shape index (κ2) is 3.88. The van der Waals surface area contributed by atoms with Gasteiger partial charge in [-0.3, -0.25) is 9.89 Å². The van der Waals surface area contributed by atoms with Crippen molar-refractivity contribution < 1.29 is 13.2 Å². The van der Waals surface area contributed by atoms with Gasteiger partial charge in [-0.1, -0.05) is 11.6 Å². The van der Waals surface area contributed by atoms with Crippen molar-refractivity contribution in [3.63, 3.8) is 0 Å². The number of hydrogen-bond donors (Lipinski definition) is 1. The third-order valence-corrected chi connectivity index (χ3v) is 2.04. The number of nitrogens with zero attached hydrogens (tertiary/aromatic N) is 3. The molecule has 0 unspecified atom stereocenters. The highest BCUT2D eigenvalue weighted by atomic mass is 35.5. The van der Waals surface area contributed by atoms with E-state index in [1.165, 1.54) is 0 Å². The predicted molar refractivity (Wildman–Crippen MR) is 52.0 cm³/mol. The Balaban J connectivity index is 2.48. The molecule has 0 radical (unpaired) electrons. The molecule has 0 fully saturated rings. The summed E-state index contributed by atoms with van der Waals surface area (Å²) in [5.41, 5.74) is -1.74. The van der Waals surface area contributed by atoms with Gasteiger partial charge in [0.15, 0.2) is 5.69 Å². The summed E-state index contributed by atoms with van der Waals surface area (Å²) in [5.74, 6) is -0.287. The van der Waals surface area contributed by atoms with Crippen molar-refractivity contribution >= 4 is 11.6 Å². The molecule has 9 heteroatoms. The van der Waals surface area contributed by atoms with E-state index >= 15 is 0 Å². The van der Waals surface area contributed by atoms with E-state index in [2.05, 4.69) is 15.3 Å². The summed E-state index contributed by atoms with van der Waals surface area (Å²) in [6, 6.07) is 1.74. The summed E-state index contributed by atoms with van der Waals surface area (Å²) < 4.78 is 37.6. The zero-order chi connectivity index (χ0) is 12.6. The zero-order valence-corrected chi connectivity index (χ0v) is 8.75. The Hall–Kier alpha value is -1.83. The SMILES string of the molecule is O=c1cc(Cl)[nH]nc1-n1ccc(C(F)(F)F)n1. The molecular weight excluding hydrogens is 261 g/mol. The van der Waals surface area contributed by atoms with Gasteiger partial charge < -0.3 is 0 Å². The first kappa shape index (κ1) is 11.6. The van der Waals surface area contributed by atoms with Crippen molar-refractivity contribution in [3.05, 3.63) is 39.4 Å². The van der Waals surface area contributed by atoms with E-state index in [0.717, 1.165) is 23.0 Å². The Morgan fingerprint density at radius 2 is 2.12 bits per heavy atom. The summed E-state index contributed by atoms with van der Waals surface area (Å²) in [4.78, 5) is 11.4. The van der Waals surface area contributed by atoms with E-state index in [1.54, 1.807) is 0 Å². The van der Waals surface area contributed by atoms with Gasteiger partial charge in [0.2, 0.25) is 11.2 Å². The van der Waals surface area contributed by atoms with Gasteiger partial charge in [-0.05, 0) is 6.07 Å². The molecule has 0 saturated heterocycles. The molecule has 0 aliphatic carbocycles. The van der Waals surface area contributed by atoms with Gasteiger partial charge >= 0.3 is 6.18 Å². The number of H-pyrrole nitrogens is 1. The molecule has 0 saturated carbocycles. The average Bonchev–Trinajstić information content (AvgIpc) is 2.65. The summed E-state index contributed by atoms with van der Waals surface area (Å²) in [6.45, 7) is 0. The van der Waals surface area contributed by atoms with E-state index < -0.39 is 17.3 Å². The highest BCUT2D eigenvalue weighted by Gasteiger charge is 2.33. The largest absolute Gasteiger partial charge is 0.435 e. The lowest BCUT2D eigenvalue weighted by Gasteiger charge is -2.01. The molecule has 17 heavy (non-hydrogen) atoms. The molecule has 2 aromatic heterocycles. The van der Waals surface area contributed by atoms with Gasteiger partial charge in [-0.15, -0.1) is 0 Å². The number of aromatic amines is 1. The van der Waals surface area contributed by atoms with Crippen LogP contribution < -0.4 is 5.43 Å². The first-order valence-electron chi connectivity index (χ1n) is 4.26. The molecule has 1 N–H and O–H groups in total. The van der Waals surface area contributed by atoms with E-state index in [-0.39, 0.29) is 11.0 Å². The average molecular weight is 265 g/mol. The first-order chi connectivity index (χ1) is 7.88. The Morgan fingerprint density at radius 1 is 1.41 bits per heavy atom. The van der Waals surface area contributed by atoms with Crippen LogP contribution >= 0.6 is 11.6 Å². The standard InChI is InChI=1S/C8H4ClF3N4O/c9-6-3-4(17)7(14-13-6)16-2-1-5(15-16)8(10,11)12/h1-3H,(H,13,17). The van der Waals surface area contributed by atoms with Crippen molar-refractivity contribution in [2.45, 2.75) is 6.18 Å². The number of halogens is 4. The predicted octanol–water partition coefficient (Wildman–Crippen LogP) is 1.63. The minimum Gasteiger partial charge on any atom is -0.286 e. The smallest absolute Gasteiger partial charge is 0.286 e. The van der Waals surface area contributed by atoms with Crippen LogP contribution in [-0.2, 0) is 6.18 Å². The van der Waals surface area contributed by atoms with Crippen molar-refractivity contribution in [1.29, 1.82) is 0 Å². The maximum absolute atomic E-state index is 12.3. The molecule has 0 atom stereocenters. The number of alkyl halides is 3. The van der Waals surface area contributed by atoms with Gasteiger partial charge in [0.1, 0.15) is 5.15 Å². The van der Waals surface area contributed by atoms with Crippen molar-refractivity contribution in [2.24, 2.45) is 0 Å². The van der Waals surface area contributed by atoms with E-state index in [4.69, 9.17) is 11.6 Å². The van der Waals surface area contributed by atoms with Crippen LogP contribution in [0.2, 0.25) is 5.15 Å². The molecule has 0 aliphatic rings. The number of hydrogen-bond acceptors (Lipinski definition) is 3. The monoisotopic (exact) mass is 264 g/mol. The second-order valence-corrected chi connectivity index (χ2v) is 3.45. The summed E-state index contributed by atoms with van der Waals surface area (Å²) in [6.07, 6.45) is -3.57. The minimum absolute atomic E-state index is 0.0121. The number of nitrogens with one attached hydrogen (secondary N) is 1. The number of rotatable bonds is 1. The van der Waals surface area contributed by atoms with Crippen LogP contribution in [0.15, 0.2) is 23.1 Å². The summed E-state index contributed by atoms with van der Waals surface area (Å²) >= 11 is 5.45. The molecule has 0 aliphatic heterocycles. The molecule has 90 valence electrons. The van der Waals surface area contributed by atoms with Crippen molar-refractivity contribution in [2.75, 3.05) is 0 Å². The lowest BCUT2D eigenvalue weighted by Crippen LogP contribution is -2.16. The Labute approximate surface area is 96.8 Å². The first-order valence-corrected chi connectivity index (χ1v) is 4.64. The van der Waals surface area contributed by atoms with Crippen LogP contribution in [0.5, 0.6) is 0 Å². The normalized spacial score (nSPS) is 11.8. The second-order valence-electron chi connectivity index (χ2n) is 3.05. The van der Waals surface area contributed by atoms with Crippen LogP contribution in [0.1, 0.15) is 5.69 Å². The fourth-order valence-corrected chi connectivity index (χ4v) is 1.27. The Kier molecular flexibility index (Phi) is 2.66. The zero-order valence-electron chi connectivity index (χ0n) is 7.99. The van der Waals surface area contributed by atoms with Gasteiger partial charge in [0.05, 0.1) is 0 Å². The maximum Gasteiger partial charge on any atom is 0.435 e. The quantitative estimate of drug-likeness (QED) is 0.851. The van der Waals surface area contributed by atoms with E-state index in [0.29, 0.717) is 0 Å². The molecule has 0 aromatic carbocycles. The lowest BCUT2D eigenvalue weighted by atomic mass is 10.4. The Morgan fingerprint density at radius 3 is 2.65 bits per heavy atom. The molecule has 0 spiro atoms. The Bertz CT molecular complexity index is 603. The van der Waals surface area contributed by atoms with E-state index in [1.807, 2.05) is 0 Å². The van der Waals surface area contributed by atoms with Gasteiger partial charge in [0, 0.05) is 12.3 Å². The molecule has 2 rings (SSSR count). The fourth-order valence-electron chi connectivity index (χ4n) is 1.13. The highest BCUT2D eigenvalue weighted by molar-refractivity contribution is 6.29. The van der Waals surface area contributed by atoms with Crippen LogP contribution in [0, 0.1) is 0 Å². The molecule has 0 amide bonds. The minimum atomic E-state index is -4.57. The lowest BCUT2D eigenvalue weighted by molar-refractivity contribution is -0.141. The molecule has 2 aromatic rings. The summed E-state index contributed by atoms with van der Waals surface area (Å²) in [5, 5.41) is 8.96. The molecular formula is C8H4ClF3N4O. The van der Waals surface area contributed by atoms with Crippen molar-refractivity contribution in [1.82, 2.24) is 20.0 Å². The van der Waals surface area contributed by atoms with Gasteiger partial charge in [-0.2, -0.15) is 23.4 Å². The third-order valence-electron chi connectivity index (χ3n) is 1.84. The van der Waals surface area contributed by atoms with E-state index in [9.17, 15) is 18.0 Å². The summed E-state index contributed by atoms with van der Waals surface area (Å²) in [7, 11) is 0. The molecule has 0 bridgehead atoms. The fraction of sp³-hybridized carbons (Fsp3) is 0.125. The highest BCUT2D eigenvalue weighted by Crippen LogP contribution is 2.27. The van der Waals surface area contributed by atoms with Crippen LogP contribution in [-0.4, -0.2) is 20.0 Å². The molecule has 5 nitrogen and oxygen atoms in total. The van der Waals surface area contributed by atoms with Crippen molar-refractivity contribution in [3.8, 4) is 5.82 Å². The third kappa shape index (κ3) is 2.31. The van der Waals surface area contributed by atoms with Gasteiger partial charge in [-0.25, -0.2) is 4.68 Å². The van der Waals surface area contributed by atoms with Crippen LogP contribution in [0.3, 0.4) is 0 Å². The van der Waals surface area contributed by atoms with Crippen LogP contribution in [0.25, 0.3) is 5.82 Å².